The fourth-order valence-corrected chi connectivity index (χ4v) is 5.21. The quantitative estimate of drug-likeness (QED) is 0.303. The Hall–Kier alpha value is -4.24. The van der Waals surface area contributed by atoms with Gasteiger partial charge < -0.3 is 4.90 Å². The summed E-state index contributed by atoms with van der Waals surface area (Å²) >= 11 is 1.09. The Morgan fingerprint density at radius 2 is 1.59 bits per heavy atom. The summed E-state index contributed by atoms with van der Waals surface area (Å²) in [7, 11) is 1.60. The second-order valence-corrected chi connectivity index (χ2v) is 8.77. The number of fused-ring (bicyclic) bond motifs is 1. The van der Waals surface area contributed by atoms with Gasteiger partial charge in [-0.25, -0.2) is 4.99 Å². The molecule has 0 bridgehead atoms. The zero-order chi connectivity index (χ0) is 24.0. The fraction of sp³-hybridized carbons (Fsp3) is 0.0800. The number of benzene rings is 3. The van der Waals surface area contributed by atoms with Crippen LogP contribution in [0, 0.1) is 17.0 Å². The predicted octanol–water partition coefficient (Wildman–Crippen LogP) is 5.06. The van der Waals surface area contributed by atoms with Crippen LogP contribution < -0.4 is 9.80 Å². The largest absolute Gasteiger partial charge is 0.310 e. The number of aryl methyl sites for hydroxylation is 1. The number of nitro groups is 1. The van der Waals surface area contributed by atoms with Gasteiger partial charge in [-0.05, 0) is 48.5 Å². The van der Waals surface area contributed by atoms with E-state index in [0.29, 0.717) is 33.4 Å². The van der Waals surface area contributed by atoms with E-state index in [1.54, 1.807) is 26.1 Å². The van der Waals surface area contributed by atoms with Crippen LogP contribution in [0.15, 0.2) is 82.7 Å². The van der Waals surface area contributed by atoms with Crippen LogP contribution >= 0.6 is 11.8 Å². The Morgan fingerprint density at radius 3 is 2.24 bits per heavy atom. The third-order valence-corrected chi connectivity index (χ3v) is 6.66. The number of amidine groups is 1. The molecule has 0 spiro atoms. The molecule has 1 saturated heterocycles. The number of anilines is 2. The third-order valence-electron chi connectivity index (χ3n) is 5.62. The molecule has 0 N–H and O–H groups in total. The molecule has 0 atom stereocenters. The highest BCUT2D eigenvalue weighted by atomic mass is 32.2. The van der Waals surface area contributed by atoms with E-state index in [-0.39, 0.29) is 22.1 Å². The number of amides is 2. The van der Waals surface area contributed by atoms with Crippen molar-refractivity contribution in [1.29, 1.82) is 0 Å². The molecule has 1 fully saturated rings. The molecule has 2 aliphatic rings. The zero-order valence-corrected chi connectivity index (χ0v) is 19.1. The van der Waals surface area contributed by atoms with Crippen molar-refractivity contribution in [3.8, 4) is 0 Å². The lowest BCUT2D eigenvalue weighted by Crippen LogP contribution is -2.29. The maximum absolute atomic E-state index is 13.7. The number of likely N-dealkylation sites (N-methyl/N-ethyl adjacent to an activating group) is 1. The van der Waals surface area contributed by atoms with E-state index >= 15 is 0 Å². The lowest BCUT2D eigenvalue weighted by Gasteiger charge is -2.15. The fourth-order valence-electron chi connectivity index (χ4n) is 4.12. The van der Waals surface area contributed by atoms with Crippen LogP contribution in [-0.2, 0) is 9.59 Å². The number of para-hydroxylation sites is 2. The minimum absolute atomic E-state index is 0.133. The van der Waals surface area contributed by atoms with E-state index in [1.165, 1.54) is 21.9 Å². The lowest BCUT2D eigenvalue weighted by molar-refractivity contribution is -0.384. The Morgan fingerprint density at radius 1 is 0.941 bits per heavy atom. The van der Waals surface area contributed by atoms with Gasteiger partial charge >= 0.3 is 0 Å². The van der Waals surface area contributed by atoms with Crippen LogP contribution in [-0.4, -0.2) is 29.0 Å². The van der Waals surface area contributed by atoms with E-state index in [0.717, 1.165) is 11.8 Å². The van der Waals surface area contributed by atoms with Gasteiger partial charge in [0.1, 0.15) is 0 Å². The maximum Gasteiger partial charge on any atom is 0.272 e. The second kappa shape index (κ2) is 8.27. The Balaban J connectivity index is 1.73. The number of thioether (sulfide) groups is 1. The molecule has 34 heavy (non-hydrogen) atoms. The van der Waals surface area contributed by atoms with Gasteiger partial charge in [-0.2, -0.15) is 0 Å². The van der Waals surface area contributed by atoms with Crippen LogP contribution in [0.3, 0.4) is 0 Å². The highest BCUT2D eigenvalue weighted by molar-refractivity contribution is 8.19. The molecule has 3 aromatic rings. The van der Waals surface area contributed by atoms with E-state index in [1.807, 2.05) is 48.5 Å². The molecule has 0 aromatic heterocycles. The monoisotopic (exact) mass is 470 g/mol. The summed E-state index contributed by atoms with van der Waals surface area (Å²) in [6, 6.07) is 21.1. The molecule has 0 unspecified atom stereocenters. The molecule has 3 aromatic carbocycles. The number of nitro benzene ring substituents is 1. The first kappa shape index (κ1) is 21.6. The van der Waals surface area contributed by atoms with E-state index in [2.05, 4.69) is 4.99 Å². The number of aliphatic imine (C=N–C) groups is 1. The van der Waals surface area contributed by atoms with E-state index in [9.17, 15) is 19.7 Å². The molecule has 168 valence electrons. The molecule has 8 nitrogen and oxygen atoms in total. The van der Waals surface area contributed by atoms with Gasteiger partial charge in [0, 0.05) is 24.7 Å². The molecular formula is C25H18N4O4S. The summed E-state index contributed by atoms with van der Waals surface area (Å²) in [6.45, 7) is 1.71. The average Bonchev–Trinajstić information content (AvgIpc) is 3.27. The van der Waals surface area contributed by atoms with Gasteiger partial charge in [0.15, 0.2) is 5.17 Å². The van der Waals surface area contributed by atoms with Crippen LogP contribution in [0.1, 0.15) is 11.1 Å². The van der Waals surface area contributed by atoms with Gasteiger partial charge in [-0.15, -0.1) is 0 Å². The second-order valence-electron chi connectivity index (χ2n) is 7.79. The SMILES string of the molecule is Cc1cc([N+](=O)[O-])cc2c1N(C)C(=O)/C2=C1/SC(=Nc2ccccc2)N(c2ccccc2)C1=O. The van der Waals surface area contributed by atoms with Crippen molar-refractivity contribution in [2.45, 2.75) is 6.92 Å². The lowest BCUT2D eigenvalue weighted by atomic mass is 10.0. The maximum atomic E-state index is 13.7. The number of nitrogens with zero attached hydrogens (tertiary/aromatic N) is 4. The van der Waals surface area contributed by atoms with Gasteiger partial charge in [-0.1, -0.05) is 36.4 Å². The topological polar surface area (TPSA) is 96.1 Å². The molecule has 2 heterocycles. The van der Waals surface area contributed by atoms with E-state index < -0.39 is 10.8 Å². The van der Waals surface area contributed by atoms with Gasteiger partial charge in [0.25, 0.3) is 17.5 Å². The summed E-state index contributed by atoms with van der Waals surface area (Å²) in [6.07, 6.45) is 0. The van der Waals surface area contributed by atoms with Gasteiger partial charge in [-0.3, -0.25) is 24.6 Å². The van der Waals surface area contributed by atoms with Crippen molar-refractivity contribution in [1.82, 2.24) is 0 Å². The Labute approximate surface area is 199 Å². The summed E-state index contributed by atoms with van der Waals surface area (Å²) < 4.78 is 0. The predicted molar refractivity (Wildman–Crippen MR) is 133 cm³/mol. The van der Waals surface area contributed by atoms with Crippen LogP contribution in [0.4, 0.5) is 22.7 Å². The number of hydrogen-bond donors (Lipinski definition) is 0. The minimum atomic E-state index is -0.499. The first-order valence-electron chi connectivity index (χ1n) is 10.4. The number of carbonyl (C=O) groups excluding carboxylic acids is 2. The van der Waals surface area contributed by atoms with Gasteiger partial charge in [0.2, 0.25) is 0 Å². The molecule has 9 heteroatoms. The summed E-state index contributed by atoms with van der Waals surface area (Å²) in [4.78, 5) is 45.8. The van der Waals surface area contributed by atoms with Crippen molar-refractivity contribution in [3.63, 3.8) is 0 Å². The van der Waals surface area contributed by atoms with Crippen molar-refractivity contribution in [2.75, 3.05) is 16.8 Å². The van der Waals surface area contributed by atoms with Crippen LogP contribution in [0.5, 0.6) is 0 Å². The molecule has 2 amide bonds. The Kier molecular flexibility index (Phi) is 5.25. The number of rotatable bonds is 3. The molecule has 5 rings (SSSR count). The number of carbonyl (C=O) groups is 2. The first-order valence-corrected chi connectivity index (χ1v) is 11.2. The Bertz CT molecular complexity index is 1420. The number of hydrogen-bond acceptors (Lipinski definition) is 6. The van der Waals surface area contributed by atoms with Crippen LogP contribution in [0.2, 0.25) is 0 Å². The molecule has 0 radical (unpaired) electrons. The highest BCUT2D eigenvalue weighted by Crippen LogP contribution is 2.47. The van der Waals surface area contributed by atoms with E-state index in [4.69, 9.17) is 0 Å². The third kappa shape index (κ3) is 3.46. The van der Waals surface area contributed by atoms with Crippen molar-refractivity contribution < 1.29 is 14.5 Å². The van der Waals surface area contributed by atoms with Crippen molar-refractivity contribution in [2.24, 2.45) is 4.99 Å². The van der Waals surface area contributed by atoms with Gasteiger partial charge in [0.05, 0.1) is 32.5 Å². The highest BCUT2D eigenvalue weighted by Gasteiger charge is 2.43. The first-order chi connectivity index (χ1) is 16.4. The molecular weight excluding hydrogens is 452 g/mol. The summed E-state index contributed by atoms with van der Waals surface area (Å²) in [5, 5.41) is 11.9. The van der Waals surface area contributed by atoms with Crippen molar-refractivity contribution >= 4 is 57.1 Å². The minimum Gasteiger partial charge on any atom is -0.310 e. The normalized spacial score (nSPS) is 18.7. The smallest absolute Gasteiger partial charge is 0.272 e. The zero-order valence-electron chi connectivity index (χ0n) is 18.3. The summed E-state index contributed by atoms with van der Waals surface area (Å²) in [5.41, 5.74) is 2.81. The molecule has 0 aliphatic carbocycles. The average molecular weight is 471 g/mol. The van der Waals surface area contributed by atoms with Crippen molar-refractivity contribution in [3.05, 3.63) is 98.9 Å². The standard InChI is InChI=1S/C25H18N4O4S/c1-15-13-18(29(32)33)14-19-20(23(30)27(2)21(15)19)22-24(31)28(17-11-7-4-8-12-17)25(34-22)26-16-9-5-3-6-10-16/h3-14H,1-2H3/b22-20+,26-25?. The molecule has 0 saturated carbocycles. The molecule has 2 aliphatic heterocycles. The van der Waals surface area contributed by atoms with Crippen LogP contribution in [0.25, 0.3) is 5.57 Å². The number of non-ortho nitro benzene ring substituents is 1. The summed E-state index contributed by atoms with van der Waals surface area (Å²) in [5.74, 6) is -0.789.